The lowest BCUT2D eigenvalue weighted by atomic mass is 10.0. The molecule has 2 heteroatoms. The van der Waals surface area contributed by atoms with Crippen LogP contribution in [-0.2, 0) is 0 Å². The van der Waals surface area contributed by atoms with Gasteiger partial charge in [-0.1, -0.05) is 45.4 Å². The molecular weight excluding hydrogens is 212 g/mol. The number of thioether (sulfide) groups is 1. The van der Waals surface area contributed by atoms with Gasteiger partial charge >= 0.3 is 0 Å². The van der Waals surface area contributed by atoms with Gasteiger partial charge in [0, 0.05) is 10.1 Å². The molecule has 0 N–H and O–H groups in total. The van der Waals surface area contributed by atoms with Crippen molar-refractivity contribution in [2.24, 2.45) is 0 Å². The van der Waals surface area contributed by atoms with Gasteiger partial charge < -0.3 is 0 Å². The van der Waals surface area contributed by atoms with Crippen molar-refractivity contribution in [1.82, 2.24) is 0 Å². The summed E-state index contributed by atoms with van der Waals surface area (Å²) in [7, 11) is 0. The van der Waals surface area contributed by atoms with E-state index in [1.807, 2.05) is 11.8 Å². The van der Waals surface area contributed by atoms with Gasteiger partial charge in [-0.3, -0.25) is 0 Å². The molecule has 0 spiro atoms. The van der Waals surface area contributed by atoms with Gasteiger partial charge in [0.25, 0.3) is 0 Å². The lowest BCUT2D eigenvalue weighted by Crippen LogP contribution is -1.90. The van der Waals surface area contributed by atoms with E-state index in [2.05, 4.69) is 45.9 Å². The Kier molecular flexibility index (Phi) is 4.33. The van der Waals surface area contributed by atoms with Crippen molar-refractivity contribution in [3.8, 4) is 0 Å². The first kappa shape index (κ1) is 11.9. The van der Waals surface area contributed by atoms with Crippen LogP contribution in [0.2, 0.25) is 5.02 Å². The van der Waals surface area contributed by atoms with E-state index in [9.17, 15) is 0 Å². The van der Waals surface area contributed by atoms with E-state index in [1.54, 1.807) is 0 Å². The average molecular weight is 229 g/mol. The Morgan fingerprint density at radius 2 is 1.79 bits per heavy atom. The topological polar surface area (TPSA) is 0 Å². The van der Waals surface area contributed by atoms with Crippen molar-refractivity contribution in [3.63, 3.8) is 0 Å². The highest BCUT2D eigenvalue weighted by molar-refractivity contribution is 8.00. The Labute approximate surface area is 96.0 Å². The summed E-state index contributed by atoms with van der Waals surface area (Å²) in [6.45, 7) is 8.72. The normalized spacial score (nSPS) is 11.4. The summed E-state index contributed by atoms with van der Waals surface area (Å²) >= 11 is 8.01. The predicted octanol–water partition coefficient (Wildman–Crippen LogP) is 4.96. The minimum Gasteiger partial charge on any atom is -0.122 e. The molecule has 0 atom stereocenters. The monoisotopic (exact) mass is 228 g/mol. The number of rotatable bonds is 3. The Bertz CT molecular complexity index is 305. The zero-order valence-electron chi connectivity index (χ0n) is 9.17. The molecule has 0 fully saturated rings. The van der Waals surface area contributed by atoms with Crippen LogP contribution in [0.1, 0.15) is 39.2 Å². The Hall–Kier alpha value is -0.140. The molecule has 0 nitrogen and oxygen atoms in total. The second-order valence-electron chi connectivity index (χ2n) is 4.01. The zero-order valence-corrected chi connectivity index (χ0v) is 10.7. The smallest absolute Gasteiger partial charge is 0.0544 e. The molecule has 1 aromatic rings. The van der Waals surface area contributed by atoms with Crippen molar-refractivity contribution in [2.75, 3.05) is 0 Å². The molecule has 78 valence electrons. The fourth-order valence-corrected chi connectivity index (χ4v) is 2.37. The summed E-state index contributed by atoms with van der Waals surface area (Å²) in [6, 6.07) is 6.38. The van der Waals surface area contributed by atoms with Crippen LogP contribution in [0.3, 0.4) is 0 Å². The van der Waals surface area contributed by atoms with Gasteiger partial charge in [-0.15, -0.1) is 11.8 Å². The summed E-state index contributed by atoms with van der Waals surface area (Å²) < 4.78 is 0. The third-order valence-corrected chi connectivity index (χ3v) is 3.49. The Morgan fingerprint density at radius 1 is 1.14 bits per heavy atom. The Morgan fingerprint density at radius 3 is 2.21 bits per heavy atom. The molecule has 0 aliphatic heterocycles. The van der Waals surface area contributed by atoms with Crippen LogP contribution >= 0.6 is 23.4 Å². The van der Waals surface area contributed by atoms with Gasteiger partial charge in [0.05, 0.1) is 5.02 Å². The van der Waals surface area contributed by atoms with Crippen molar-refractivity contribution in [3.05, 3.63) is 28.8 Å². The molecule has 0 unspecified atom stereocenters. The quantitative estimate of drug-likeness (QED) is 0.659. The van der Waals surface area contributed by atoms with Gasteiger partial charge in [-0.2, -0.15) is 0 Å². The van der Waals surface area contributed by atoms with E-state index in [1.165, 1.54) is 10.5 Å². The molecule has 1 rings (SSSR count). The molecule has 0 aromatic heterocycles. The summed E-state index contributed by atoms with van der Waals surface area (Å²) in [4.78, 5) is 1.19. The van der Waals surface area contributed by atoms with Crippen molar-refractivity contribution < 1.29 is 0 Å². The average Bonchev–Trinajstić information content (AvgIpc) is 2.07. The van der Waals surface area contributed by atoms with Gasteiger partial charge in [-0.25, -0.2) is 0 Å². The second-order valence-corrected chi connectivity index (χ2v) is 6.04. The van der Waals surface area contributed by atoms with Crippen LogP contribution in [0.4, 0.5) is 0 Å². The van der Waals surface area contributed by atoms with E-state index in [0.29, 0.717) is 11.2 Å². The van der Waals surface area contributed by atoms with E-state index >= 15 is 0 Å². The van der Waals surface area contributed by atoms with Crippen LogP contribution in [0, 0.1) is 0 Å². The first-order valence-corrected chi connectivity index (χ1v) is 6.22. The first-order chi connectivity index (χ1) is 6.50. The van der Waals surface area contributed by atoms with E-state index in [4.69, 9.17) is 11.6 Å². The fourth-order valence-electron chi connectivity index (χ4n) is 1.23. The van der Waals surface area contributed by atoms with E-state index < -0.39 is 0 Å². The third-order valence-electron chi connectivity index (χ3n) is 1.99. The van der Waals surface area contributed by atoms with E-state index in [0.717, 1.165) is 5.02 Å². The highest BCUT2D eigenvalue weighted by Gasteiger charge is 2.06. The molecule has 1 aromatic carbocycles. The minimum atomic E-state index is 0.547. The van der Waals surface area contributed by atoms with Crippen LogP contribution in [0.15, 0.2) is 23.1 Å². The Balaban J connectivity index is 2.90. The second kappa shape index (κ2) is 5.09. The van der Waals surface area contributed by atoms with Crippen molar-refractivity contribution in [2.45, 2.75) is 43.8 Å². The number of halogens is 1. The zero-order chi connectivity index (χ0) is 10.7. The van der Waals surface area contributed by atoms with Crippen molar-refractivity contribution >= 4 is 23.4 Å². The maximum atomic E-state index is 6.20. The molecule has 0 heterocycles. The standard InChI is InChI=1S/C12H17ClS/c1-8(2)10-5-6-12(11(13)7-10)14-9(3)4/h5-9H,1-4H3. The van der Waals surface area contributed by atoms with Gasteiger partial charge in [-0.05, 0) is 23.6 Å². The van der Waals surface area contributed by atoms with Gasteiger partial charge in [0.1, 0.15) is 0 Å². The SMILES string of the molecule is CC(C)Sc1ccc(C(C)C)cc1Cl. The summed E-state index contributed by atoms with van der Waals surface area (Å²) in [6.07, 6.45) is 0. The van der Waals surface area contributed by atoms with Crippen molar-refractivity contribution in [1.29, 1.82) is 0 Å². The first-order valence-electron chi connectivity index (χ1n) is 4.96. The number of hydrogen-bond donors (Lipinski definition) is 0. The number of benzene rings is 1. The lowest BCUT2D eigenvalue weighted by molar-refractivity contribution is 0.865. The molecule has 0 saturated carbocycles. The lowest BCUT2D eigenvalue weighted by Gasteiger charge is -2.10. The summed E-state index contributed by atoms with van der Waals surface area (Å²) in [5, 5.41) is 1.47. The van der Waals surface area contributed by atoms with Crippen LogP contribution in [0.25, 0.3) is 0 Å². The molecule has 0 amide bonds. The number of hydrogen-bond acceptors (Lipinski definition) is 1. The van der Waals surface area contributed by atoms with Gasteiger partial charge in [0.2, 0.25) is 0 Å². The third kappa shape index (κ3) is 3.21. The molecule has 0 saturated heterocycles. The highest BCUT2D eigenvalue weighted by Crippen LogP contribution is 2.32. The minimum absolute atomic E-state index is 0.547. The summed E-state index contributed by atoms with van der Waals surface area (Å²) in [5.74, 6) is 0.547. The van der Waals surface area contributed by atoms with Crippen LogP contribution in [0.5, 0.6) is 0 Å². The van der Waals surface area contributed by atoms with E-state index in [-0.39, 0.29) is 0 Å². The predicted molar refractivity (Wildman–Crippen MR) is 66.5 cm³/mol. The largest absolute Gasteiger partial charge is 0.122 e. The maximum Gasteiger partial charge on any atom is 0.0544 e. The molecule has 0 aliphatic rings. The molecule has 0 radical (unpaired) electrons. The molecule has 14 heavy (non-hydrogen) atoms. The molecular formula is C12H17ClS. The highest BCUT2D eigenvalue weighted by atomic mass is 35.5. The molecule has 0 aliphatic carbocycles. The maximum absolute atomic E-state index is 6.20. The van der Waals surface area contributed by atoms with Crippen LogP contribution < -0.4 is 0 Å². The summed E-state index contributed by atoms with van der Waals surface area (Å²) in [5.41, 5.74) is 1.31. The fraction of sp³-hybridized carbons (Fsp3) is 0.500. The van der Waals surface area contributed by atoms with Crippen LogP contribution in [-0.4, -0.2) is 5.25 Å². The van der Waals surface area contributed by atoms with Gasteiger partial charge in [0.15, 0.2) is 0 Å². The molecule has 0 bridgehead atoms.